The predicted octanol–water partition coefficient (Wildman–Crippen LogP) is 3.78. The molecule has 3 rings (SSSR count). The average Bonchev–Trinajstić information content (AvgIpc) is 3.00. The van der Waals surface area contributed by atoms with Crippen molar-refractivity contribution in [1.29, 1.82) is 0 Å². The molecule has 2 aromatic rings. The number of amides is 3. The molecular weight excluding hydrogens is 430 g/mol. The maximum Gasteiger partial charge on any atom is 0.251 e. The van der Waals surface area contributed by atoms with E-state index in [9.17, 15) is 14.4 Å². The molecule has 1 fully saturated rings. The van der Waals surface area contributed by atoms with Gasteiger partial charge in [0.25, 0.3) is 5.91 Å². The summed E-state index contributed by atoms with van der Waals surface area (Å²) in [7, 11) is 3.12. The minimum Gasteiger partial charge on any atom is -0.495 e. The van der Waals surface area contributed by atoms with Crippen molar-refractivity contribution in [2.24, 2.45) is 0 Å². The molecule has 1 N–H and O–H groups in total. The van der Waals surface area contributed by atoms with E-state index in [4.69, 9.17) is 16.3 Å². The number of aryl methyl sites for hydroxylation is 4. The largest absolute Gasteiger partial charge is 0.495 e. The number of rotatable bonds is 6. The maximum atomic E-state index is 13.2. The molecule has 0 radical (unpaired) electrons. The van der Waals surface area contributed by atoms with Gasteiger partial charge in [-0.3, -0.25) is 19.3 Å². The lowest BCUT2D eigenvalue weighted by Crippen LogP contribution is -2.43. The third-order valence-electron chi connectivity index (χ3n) is 5.69. The zero-order valence-electron chi connectivity index (χ0n) is 19.2. The van der Waals surface area contributed by atoms with Crippen molar-refractivity contribution >= 4 is 40.7 Å². The Kier molecular flexibility index (Phi) is 6.91. The van der Waals surface area contributed by atoms with E-state index in [-0.39, 0.29) is 24.8 Å². The van der Waals surface area contributed by atoms with Gasteiger partial charge in [-0.2, -0.15) is 0 Å². The van der Waals surface area contributed by atoms with Crippen LogP contribution < -0.4 is 15.0 Å². The van der Waals surface area contributed by atoms with Gasteiger partial charge < -0.3 is 10.1 Å². The SMILES string of the molecule is COc1cc(Cl)c(C)cc1N1C(=O)C[C@@H](N(C)CC(=O)Nc2c(C)cc(C)cc2C)C1=O. The first-order valence-electron chi connectivity index (χ1n) is 10.3. The molecule has 7 nitrogen and oxygen atoms in total. The number of carbonyl (C=O) groups is 3. The molecule has 0 aromatic heterocycles. The monoisotopic (exact) mass is 457 g/mol. The summed E-state index contributed by atoms with van der Waals surface area (Å²) >= 11 is 6.16. The van der Waals surface area contributed by atoms with Crippen molar-refractivity contribution < 1.29 is 19.1 Å². The van der Waals surface area contributed by atoms with Crippen LogP contribution in [0.25, 0.3) is 0 Å². The van der Waals surface area contributed by atoms with Gasteiger partial charge in [0.2, 0.25) is 11.8 Å². The number of imide groups is 1. The minimum atomic E-state index is -0.742. The summed E-state index contributed by atoms with van der Waals surface area (Å²) in [4.78, 5) is 41.3. The molecule has 1 heterocycles. The summed E-state index contributed by atoms with van der Waals surface area (Å²) in [6.07, 6.45) is -0.0178. The molecule has 32 heavy (non-hydrogen) atoms. The molecule has 0 bridgehead atoms. The first-order chi connectivity index (χ1) is 15.0. The normalized spacial score (nSPS) is 16.1. The highest BCUT2D eigenvalue weighted by Gasteiger charge is 2.43. The molecule has 1 aliphatic rings. The lowest BCUT2D eigenvalue weighted by Gasteiger charge is -2.23. The highest BCUT2D eigenvalue weighted by Crippen LogP contribution is 2.37. The first kappa shape index (κ1) is 23.8. The first-order valence-corrected chi connectivity index (χ1v) is 10.7. The Labute approximate surface area is 193 Å². The van der Waals surface area contributed by atoms with Gasteiger partial charge in [0.15, 0.2) is 0 Å². The molecule has 1 saturated heterocycles. The number of anilines is 2. The second kappa shape index (κ2) is 9.30. The van der Waals surface area contributed by atoms with E-state index >= 15 is 0 Å². The standard InChI is InChI=1S/C24H28ClN3O4/c1-13-7-15(3)23(16(4)8-13)26-21(29)12-27(5)19-11-22(30)28(24(19)31)18-9-14(2)17(25)10-20(18)32-6/h7-10,19H,11-12H2,1-6H3,(H,26,29)/t19-/m1/s1. The lowest BCUT2D eigenvalue weighted by molar-refractivity contribution is -0.123. The van der Waals surface area contributed by atoms with Crippen LogP contribution in [0, 0.1) is 27.7 Å². The van der Waals surface area contributed by atoms with Crippen LogP contribution in [-0.2, 0) is 14.4 Å². The number of hydrogen-bond donors (Lipinski definition) is 1. The van der Waals surface area contributed by atoms with Gasteiger partial charge in [-0.05, 0) is 57.5 Å². The minimum absolute atomic E-state index is 0.0178. The van der Waals surface area contributed by atoms with E-state index in [1.54, 1.807) is 31.0 Å². The molecule has 0 saturated carbocycles. The molecule has 0 spiro atoms. The Hall–Kier alpha value is -2.90. The number of halogens is 1. The smallest absolute Gasteiger partial charge is 0.251 e. The number of benzene rings is 2. The Morgan fingerprint density at radius 2 is 1.75 bits per heavy atom. The summed E-state index contributed by atoms with van der Waals surface area (Å²) in [5.41, 5.74) is 4.92. The molecule has 2 aromatic carbocycles. The predicted molar refractivity (Wildman–Crippen MR) is 126 cm³/mol. The van der Waals surface area contributed by atoms with Gasteiger partial charge in [0.05, 0.1) is 31.8 Å². The Balaban J connectivity index is 1.76. The van der Waals surface area contributed by atoms with Gasteiger partial charge in [-0.15, -0.1) is 0 Å². The van der Waals surface area contributed by atoms with E-state index in [1.165, 1.54) is 7.11 Å². The summed E-state index contributed by atoms with van der Waals surface area (Å²) in [5.74, 6) is -0.652. The number of nitrogens with zero attached hydrogens (tertiary/aromatic N) is 2. The maximum absolute atomic E-state index is 13.2. The molecule has 0 unspecified atom stereocenters. The average molecular weight is 458 g/mol. The van der Waals surface area contributed by atoms with Crippen LogP contribution in [0.3, 0.4) is 0 Å². The van der Waals surface area contributed by atoms with Crippen LogP contribution in [0.2, 0.25) is 5.02 Å². The van der Waals surface area contributed by atoms with Crippen molar-refractivity contribution in [3.8, 4) is 5.75 Å². The number of ether oxygens (including phenoxy) is 1. The third-order valence-corrected chi connectivity index (χ3v) is 6.10. The van der Waals surface area contributed by atoms with Crippen LogP contribution in [0.4, 0.5) is 11.4 Å². The van der Waals surface area contributed by atoms with Crippen LogP contribution in [0.1, 0.15) is 28.7 Å². The van der Waals surface area contributed by atoms with Crippen molar-refractivity contribution in [3.05, 3.63) is 51.5 Å². The Morgan fingerprint density at radius 1 is 1.12 bits per heavy atom. The van der Waals surface area contributed by atoms with Crippen molar-refractivity contribution in [3.63, 3.8) is 0 Å². The van der Waals surface area contributed by atoms with Gasteiger partial charge in [0, 0.05) is 16.8 Å². The number of likely N-dealkylation sites (N-methyl/N-ethyl adjacent to an activating group) is 1. The second-order valence-electron chi connectivity index (χ2n) is 8.30. The molecule has 8 heteroatoms. The number of carbonyl (C=O) groups excluding carboxylic acids is 3. The molecular formula is C24H28ClN3O4. The van der Waals surface area contributed by atoms with E-state index < -0.39 is 11.9 Å². The van der Waals surface area contributed by atoms with Crippen LogP contribution in [0.15, 0.2) is 24.3 Å². The molecule has 1 atom stereocenters. The fourth-order valence-corrected chi connectivity index (χ4v) is 4.25. The van der Waals surface area contributed by atoms with Gasteiger partial charge in [-0.1, -0.05) is 29.3 Å². The van der Waals surface area contributed by atoms with Gasteiger partial charge in [0.1, 0.15) is 5.75 Å². The van der Waals surface area contributed by atoms with Crippen molar-refractivity contribution in [2.75, 3.05) is 30.9 Å². The third kappa shape index (κ3) is 4.64. The fourth-order valence-electron chi connectivity index (χ4n) is 4.09. The Morgan fingerprint density at radius 3 is 2.34 bits per heavy atom. The summed E-state index contributed by atoms with van der Waals surface area (Å²) in [5, 5.41) is 3.42. The second-order valence-corrected chi connectivity index (χ2v) is 8.70. The number of hydrogen-bond acceptors (Lipinski definition) is 5. The van der Waals surface area contributed by atoms with Crippen LogP contribution in [-0.4, -0.2) is 49.4 Å². The molecule has 170 valence electrons. The molecule has 1 aliphatic heterocycles. The quantitative estimate of drug-likeness (QED) is 0.668. The van der Waals surface area contributed by atoms with Crippen molar-refractivity contribution in [2.45, 2.75) is 40.2 Å². The van der Waals surface area contributed by atoms with Crippen LogP contribution >= 0.6 is 11.6 Å². The van der Waals surface area contributed by atoms with Crippen molar-refractivity contribution in [1.82, 2.24) is 4.90 Å². The highest BCUT2D eigenvalue weighted by molar-refractivity contribution is 6.32. The summed E-state index contributed by atoms with van der Waals surface area (Å²) < 4.78 is 5.34. The zero-order valence-corrected chi connectivity index (χ0v) is 20.0. The summed E-state index contributed by atoms with van der Waals surface area (Å²) in [6, 6.07) is 6.52. The van der Waals surface area contributed by atoms with E-state index in [1.807, 2.05) is 32.9 Å². The van der Waals surface area contributed by atoms with E-state index in [2.05, 4.69) is 5.32 Å². The Bertz CT molecular complexity index is 1080. The lowest BCUT2D eigenvalue weighted by atomic mass is 10.1. The summed E-state index contributed by atoms with van der Waals surface area (Å²) in [6.45, 7) is 7.65. The number of nitrogens with one attached hydrogen (secondary N) is 1. The van der Waals surface area contributed by atoms with E-state index in [0.29, 0.717) is 16.5 Å². The number of methoxy groups -OCH3 is 1. The van der Waals surface area contributed by atoms with Crippen LogP contribution in [0.5, 0.6) is 5.75 Å². The van der Waals surface area contributed by atoms with Gasteiger partial charge >= 0.3 is 0 Å². The topological polar surface area (TPSA) is 79.0 Å². The zero-order chi connectivity index (χ0) is 23.7. The molecule has 3 amide bonds. The highest BCUT2D eigenvalue weighted by atomic mass is 35.5. The molecule has 0 aliphatic carbocycles. The fraction of sp³-hybridized carbons (Fsp3) is 0.375. The van der Waals surface area contributed by atoms with E-state index in [0.717, 1.165) is 32.8 Å². The van der Waals surface area contributed by atoms with Gasteiger partial charge in [-0.25, -0.2) is 4.90 Å².